The van der Waals surface area contributed by atoms with E-state index in [-0.39, 0.29) is 18.3 Å². The molecule has 0 fully saturated rings. The first-order chi connectivity index (χ1) is 11.1. The molecule has 0 aliphatic heterocycles. The van der Waals surface area contributed by atoms with Gasteiger partial charge in [-0.1, -0.05) is 0 Å². The SMILES string of the molecule is Cc1ccc(-c2csc(NC(=O)COc3ccc(F)cc3)n2)s1. The zero-order valence-electron chi connectivity index (χ0n) is 12.2. The van der Waals surface area contributed by atoms with Crippen molar-refractivity contribution in [1.82, 2.24) is 4.98 Å². The number of halogens is 1. The molecule has 118 valence electrons. The Morgan fingerprint density at radius 2 is 2.04 bits per heavy atom. The summed E-state index contributed by atoms with van der Waals surface area (Å²) in [6.07, 6.45) is 0. The van der Waals surface area contributed by atoms with Crippen LogP contribution in [0.4, 0.5) is 9.52 Å². The van der Waals surface area contributed by atoms with Crippen molar-refractivity contribution in [3.05, 3.63) is 52.5 Å². The van der Waals surface area contributed by atoms with E-state index in [9.17, 15) is 9.18 Å². The summed E-state index contributed by atoms with van der Waals surface area (Å²) in [5.41, 5.74) is 0.850. The summed E-state index contributed by atoms with van der Waals surface area (Å²) in [4.78, 5) is 18.5. The van der Waals surface area contributed by atoms with Crippen molar-refractivity contribution in [3.8, 4) is 16.3 Å². The van der Waals surface area contributed by atoms with Crippen LogP contribution in [0.25, 0.3) is 10.6 Å². The molecule has 0 atom stereocenters. The van der Waals surface area contributed by atoms with Gasteiger partial charge in [0, 0.05) is 10.3 Å². The first-order valence-corrected chi connectivity index (χ1v) is 8.50. The lowest BCUT2D eigenvalue weighted by atomic mass is 10.3. The number of hydrogen-bond donors (Lipinski definition) is 1. The average molecular weight is 348 g/mol. The molecule has 0 bridgehead atoms. The second-order valence-corrected chi connectivity index (χ2v) is 6.88. The van der Waals surface area contributed by atoms with Crippen LogP contribution in [-0.4, -0.2) is 17.5 Å². The van der Waals surface area contributed by atoms with E-state index in [1.54, 1.807) is 11.3 Å². The molecule has 23 heavy (non-hydrogen) atoms. The van der Waals surface area contributed by atoms with E-state index in [2.05, 4.69) is 10.3 Å². The van der Waals surface area contributed by atoms with E-state index < -0.39 is 0 Å². The molecule has 0 unspecified atom stereocenters. The van der Waals surface area contributed by atoms with Crippen molar-refractivity contribution in [3.63, 3.8) is 0 Å². The summed E-state index contributed by atoms with van der Waals surface area (Å²) in [5.74, 6) is -0.214. The quantitative estimate of drug-likeness (QED) is 0.746. The predicted octanol–water partition coefficient (Wildman–Crippen LogP) is 4.34. The number of amides is 1. The molecule has 0 saturated heterocycles. The Morgan fingerprint density at radius 3 is 2.74 bits per heavy atom. The van der Waals surface area contributed by atoms with Crippen molar-refractivity contribution in [2.75, 3.05) is 11.9 Å². The largest absolute Gasteiger partial charge is 0.484 e. The van der Waals surface area contributed by atoms with Gasteiger partial charge in [-0.15, -0.1) is 22.7 Å². The fourth-order valence-corrected chi connectivity index (χ4v) is 3.48. The second kappa shape index (κ2) is 6.89. The third-order valence-corrected chi connectivity index (χ3v) is 4.71. The second-order valence-electron chi connectivity index (χ2n) is 4.74. The fraction of sp³-hybridized carbons (Fsp3) is 0.125. The average Bonchev–Trinajstić information content (AvgIpc) is 3.16. The smallest absolute Gasteiger partial charge is 0.264 e. The van der Waals surface area contributed by atoms with E-state index in [0.717, 1.165) is 10.6 Å². The van der Waals surface area contributed by atoms with Gasteiger partial charge in [0.2, 0.25) is 0 Å². The number of thiophene rings is 1. The third-order valence-electron chi connectivity index (χ3n) is 2.93. The van der Waals surface area contributed by atoms with Gasteiger partial charge in [0.1, 0.15) is 11.6 Å². The highest BCUT2D eigenvalue weighted by Gasteiger charge is 2.10. The summed E-state index contributed by atoms with van der Waals surface area (Å²) >= 11 is 3.02. The van der Waals surface area contributed by atoms with Crippen LogP contribution in [0.3, 0.4) is 0 Å². The standard InChI is InChI=1S/C16H13FN2O2S2/c1-10-2-7-14(23-10)13-9-22-16(18-13)19-15(20)8-21-12-5-3-11(17)4-6-12/h2-7,9H,8H2,1H3,(H,18,19,20). The monoisotopic (exact) mass is 348 g/mol. The number of thiazole rings is 1. The molecular formula is C16H13FN2O2S2. The number of benzene rings is 1. The lowest BCUT2D eigenvalue weighted by molar-refractivity contribution is -0.118. The molecule has 0 saturated carbocycles. The molecule has 2 aromatic heterocycles. The molecule has 1 N–H and O–H groups in total. The number of anilines is 1. The number of carbonyl (C=O) groups is 1. The Labute approximate surface area is 140 Å². The van der Waals surface area contributed by atoms with E-state index in [0.29, 0.717) is 10.9 Å². The van der Waals surface area contributed by atoms with Gasteiger partial charge in [0.15, 0.2) is 11.7 Å². The van der Waals surface area contributed by atoms with Crippen molar-refractivity contribution < 1.29 is 13.9 Å². The zero-order valence-corrected chi connectivity index (χ0v) is 13.8. The number of ether oxygens (including phenoxy) is 1. The highest BCUT2D eigenvalue weighted by molar-refractivity contribution is 7.17. The normalized spacial score (nSPS) is 10.5. The van der Waals surface area contributed by atoms with E-state index in [1.165, 1.54) is 40.5 Å². The molecule has 7 heteroatoms. The number of nitrogens with zero attached hydrogens (tertiary/aromatic N) is 1. The molecule has 0 aliphatic rings. The Hall–Kier alpha value is -2.25. The maximum absolute atomic E-state index is 12.8. The van der Waals surface area contributed by atoms with Gasteiger partial charge < -0.3 is 4.74 Å². The lowest BCUT2D eigenvalue weighted by Crippen LogP contribution is -2.20. The van der Waals surface area contributed by atoms with Crippen molar-refractivity contribution in [2.45, 2.75) is 6.92 Å². The minimum absolute atomic E-state index is 0.154. The van der Waals surface area contributed by atoms with Crippen LogP contribution in [0, 0.1) is 12.7 Å². The Morgan fingerprint density at radius 1 is 1.26 bits per heavy atom. The molecule has 1 amide bonds. The van der Waals surface area contributed by atoms with Crippen molar-refractivity contribution in [1.29, 1.82) is 0 Å². The molecule has 0 aliphatic carbocycles. The Balaban J connectivity index is 1.56. The van der Waals surface area contributed by atoms with E-state index in [4.69, 9.17) is 4.74 Å². The summed E-state index contributed by atoms with van der Waals surface area (Å²) in [6.45, 7) is 1.88. The molecule has 0 radical (unpaired) electrons. The minimum atomic E-state index is -0.346. The van der Waals surface area contributed by atoms with Crippen molar-refractivity contribution in [2.24, 2.45) is 0 Å². The molecule has 1 aromatic carbocycles. The first kappa shape index (κ1) is 15.6. The Bertz CT molecular complexity index is 812. The number of aryl methyl sites for hydroxylation is 1. The zero-order chi connectivity index (χ0) is 16.2. The van der Waals surface area contributed by atoms with Crippen molar-refractivity contribution >= 4 is 33.7 Å². The fourth-order valence-electron chi connectivity index (χ4n) is 1.85. The van der Waals surface area contributed by atoms with Crippen LogP contribution in [-0.2, 0) is 4.79 Å². The highest BCUT2D eigenvalue weighted by Crippen LogP contribution is 2.30. The number of rotatable bonds is 5. The van der Waals surface area contributed by atoms with Gasteiger partial charge in [-0.05, 0) is 43.3 Å². The molecule has 3 aromatic rings. The summed E-state index contributed by atoms with van der Waals surface area (Å²) in [6, 6.07) is 9.56. The topological polar surface area (TPSA) is 51.2 Å². The third kappa shape index (κ3) is 4.14. The number of nitrogens with one attached hydrogen (secondary N) is 1. The maximum Gasteiger partial charge on any atom is 0.264 e. The minimum Gasteiger partial charge on any atom is -0.484 e. The molecular weight excluding hydrogens is 335 g/mol. The van der Waals surface area contributed by atoms with Crippen LogP contribution in [0.2, 0.25) is 0 Å². The maximum atomic E-state index is 12.8. The summed E-state index contributed by atoms with van der Waals surface area (Å²) in [5, 5.41) is 5.13. The first-order valence-electron chi connectivity index (χ1n) is 6.81. The van der Waals surface area contributed by atoms with E-state index in [1.807, 2.05) is 24.4 Å². The van der Waals surface area contributed by atoms with Crippen LogP contribution >= 0.6 is 22.7 Å². The van der Waals surface area contributed by atoms with Gasteiger partial charge in [0.05, 0.1) is 10.6 Å². The highest BCUT2D eigenvalue weighted by atomic mass is 32.1. The van der Waals surface area contributed by atoms with E-state index >= 15 is 0 Å². The van der Waals surface area contributed by atoms with Gasteiger partial charge >= 0.3 is 0 Å². The number of carbonyl (C=O) groups excluding carboxylic acids is 1. The Kier molecular flexibility index (Phi) is 4.68. The summed E-state index contributed by atoms with van der Waals surface area (Å²) in [7, 11) is 0. The predicted molar refractivity (Wildman–Crippen MR) is 90.7 cm³/mol. The van der Waals surface area contributed by atoms with Crippen LogP contribution in [0.15, 0.2) is 41.8 Å². The van der Waals surface area contributed by atoms with Gasteiger partial charge in [-0.25, -0.2) is 9.37 Å². The molecule has 0 spiro atoms. The van der Waals surface area contributed by atoms with Crippen LogP contribution in [0.5, 0.6) is 5.75 Å². The molecule has 4 nitrogen and oxygen atoms in total. The lowest BCUT2D eigenvalue weighted by Gasteiger charge is -2.05. The molecule has 3 rings (SSSR count). The number of hydrogen-bond acceptors (Lipinski definition) is 5. The van der Waals surface area contributed by atoms with Crippen LogP contribution in [0.1, 0.15) is 4.88 Å². The van der Waals surface area contributed by atoms with Gasteiger partial charge in [0.25, 0.3) is 5.91 Å². The number of aromatic nitrogens is 1. The summed E-state index contributed by atoms with van der Waals surface area (Å²) < 4.78 is 18.1. The van der Waals surface area contributed by atoms with Gasteiger partial charge in [-0.2, -0.15) is 0 Å². The van der Waals surface area contributed by atoms with Crippen LogP contribution < -0.4 is 10.1 Å². The molecule has 2 heterocycles. The van der Waals surface area contributed by atoms with Gasteiger partial charge in [-0.3, -0.25) is 10.1 Å².